The molecule has 1 aromatic rings. The van der Waals surface area contributed by atoms with Crippen LogP contribution >= 0.6 is 0 Å². The summed E-state index contributed by atoms with van der Waals surface area (Å²) in [5, 5.41) is 11.0. The van der Waals surface area contributed by atoms with Crippen molar-refractivity contribution < 1.29 is 0 Å². The Hall–Kier alpha value is -1.49. The predicted molar refractivity (Wildman–Crippen MR) is 43.6 cm³/mol. The summed E-state index contributed by atoms with van der Waals surface area (Å²) < 4.78 is 0. The molecule has 0 saturated carbocycles. The number of nitrogens with zero attached hydrogens (tertiary/aromatic N) is 1. The Labute approximate surface area is 66.5 Å². The van der Waals surface area contributed by atoms with Crippen LogP contribution < -0.4 is 5.32 Å². The maximum atomic E-state index is 8.34. The van der Waals surface area contributed by atoms with Gasteiger partial charge in [-0.1, -0.05) is 30.3 Å². The molecule has 0 amide bonds. The number of rotatable bonds is 2. The van der Waals surface area contributed by atoms with Crippen LogP contribution in [0.15, 0.2) is 30.3 Å². The number of nitriles is 1. The van der Waals surface area contributed by atoms with Crippen molar-refractivity contribution in [2.75, 3.05) is 0 Å². The highest BCUT2D eigenvalue weighted by Crippen LogP contribution is 2.09. The summed E-state index contributed by atoms with van der Waals surface area (Å²) in [7, 11) is 0. The number of hydrogen-bond donors (Lipinski definition) is 1. The third-order valence-electron chi connectivity index (χ3n) is 1.58. The topological polar surface area (TPSA) is 35.8 Å². The summed E-state index contributed by atoms with van der Waals surface area (Å²) in [6.45, 7) is 1.96. The Balaban J connectivity index is 2.70. The molecule has 1 N–H and O–H groups in total. The van der Waals surface area contributed by atoms with Crippen LogP contribution in [0.3, 0.4) is 0 Å². The van der Waals surface area contributed by atoms with Crippen molar-refractivity contribution in [3.8, 4) is 6.19 Å². The minimum absolute atomic E-state index is 0.112. The van der Waals surface area contributed by atoms with Crippen LogP contribution in [0.5, 0.6) is 0 Å². The van der Waals surface area contributed by atoms with Gasteiger partial charge in [0.25, 0.3) is 0 Å². The van der Waals surface area contributed by atoms with Crippen molar-refractivity contribution >= 4 is 0 Å². The highest BCUT2D eigenvalue weighted by Gasteiger charge is 2.00. The van der Waals surface area contributed by atoms with Crippen molar-refractivity contribution in [2.45, 2.75) is 13.0 Å². The van der Waals surface area contributed by atoms with E-state index in [0.29, 0.717) is 0 Å². The highest BCUT2D eigenvalue weighted by atomic mass is 14.9. The van der Waals surface area contributed by atoms with Gasteiger partial charge in [-0.2, -0.15) is 5.26 Å². The molecule has 0 aromatic heterocycles. The Morgan fingerprint density at radius 1 is 1.36 bits per heavy atom. The standard InChI is InChI=1S/C9H10N2/c1-8(11-7-10)9-5-3-2-4-6-9/h2-6,8,11H,1H3. The van der Waals surface area contributed by atoms with Crippen LogP contribution in [-0.4, -0.2) is 0 Å². The second-order valence-electron chi connectivity index (χ2n) is 2.39. The molecule has 1 rings (SSSR count). The van der Waals surface area contributed by atoms with E-state index >= 15 is 0 Å². The normalized spacial score (nSPS) is 11.6. The van der Waals surface area contributed by atoms with Crippen LogP contribution in [-0.2, 0) is 0 Å². The summed E-state index contributed by atoms with van der Waals surface area (Å²) in [5.74, 6) is 0. The molecule has 2 nitrogen and oxygen atoms in total. The summed E-state index contributed by atoms with van der Waals surface area (Å²) in [4.78, 5) is 0. The van der Waals surface area contributed by atoms with Gasteiger partial charge in [-0.25, -0.2) is 0 Å². The van der Waals surface area contributed by atoms with Gasteiger partial charge in [0.05, 0.1) is 6.04 Å². The zero-order valence-corrected chi connectivity index (χ0v) is 6.41. The van der Waals surface area contributed by atoms with Gasteiger partial charge in [0, 0.05) is 0 Å². The molecule has 2 heteroatoms. The molecule has 0 bridgehead atoms. The van der Waals surface area contributed by atoms with Gasteiger partial charge in [0.1, 0.15) is 0 Å². The lowest BCUT2D eigenvalue weighted by Gasteiger charge is -2.07. The van der Waals surface area contributed by atoms with Crippen molar-refractivity contribution in [1.82, 2.24) is 5.32 Å². The maximum absolute atomic E-state index is 8.34. The lowest BCUT2D eigenvalue weighted by molar-refractivity contribution is 0.697. The summed E-state index contributed by atoms with van der Waals surface area (Å²) in [6.07, 6.45) is 1.92. The van der Waals surface area contributed by atoms with Crippen LogP contribution in [0, 0.1) is 11.5 Å². The van der Waals surface area contributed by atoms with E-state index in [0.717, 1.165) is 5.56 Å². The molecule has 0 aliphatic carbocycles. The molecule has 0 heterocycles. The van der Waals surface area contributed by atoms with Crippen molar-refractivity contribution in [3.63, 3.8) is 0 Å². The molecule has 1 unspecified atom stereocenters. The monoisotopic (exact) mass is 146 g/mol. The molecule has 0 aliphatic rings. The third kappa shape index (κ3) is 1.98. The SMILES string of the molecule is CC(NC#N)c1ccccc1. The van der Waals surface area contributed by atoms with Crippen molar-refractivity contribution in [2.24, 2.45) is 0 Å². The lowest BCUT2D eigenvalue weighted by Crippen LogP contribution is -2.11. The molecule has 0 saturated heterocycles. The van der Waals surface area contributed by atoms with E-state index in [2.05, 4.69) is 5.32 Å². The largest absolute Gasteiger partial charge is 0.317 e. The first-order valence-electron chi connectivity index (χ1n) is 3.54. The highest BCUT2D eigenvalue weighted by molar-refractivity contribution is 5.18. The molecular weight excluding hydrogens is 136 g/mol. The van der Waals surface area contributed by atoms with Crippen molar-refractivity contribution in [3.05, 3.63) is 35.9 Å². The molecule has 11 heavy (non-hydrogen) atoms. The molecule has 0 fully saturated rings. The molecule has 1 aromatic carbocycles. The average Bonchev–Trinajstić information content (AvgIpc) is 2.07. The first-order chi connectivity index (χ1) is 5.34. The Morgan fingerprint density at radius 2 is 2.00 bits per heavy atom. The number of hydrogen-bond acceptors (Lipinski definition) is 2. The van der Waals surface area contributed by atoms with Gasteiger partial charge < -0.3 is 5.32 Å². The fourth-order valence-electron chi connectivity index (χ4n) is 0.922. The zero-order chi connectivity index (χ0) is 8.10. The van der Waals surface area contributed by atoms with Gasteiger partial charge in [-0.15, -0.1) is 0 Å². The Bertz CT molecular complexity index is 248. The summed E-state index contributed by atoms with van der Waals surface area (Å²) in [6, 6.07) is 9.99. The van der Waals surface area contributed by atoms with Crippen LogP contribution in [0.25, 0.3) is 0 Å². The Kier molecular flexibility index (Phi) is 2.51. The number of nitrogens with one attached hydrogen (secondary N) is 1. The first-order valence-corrected chi connectivity index (χ1v) is 3.54. The molecule has 1 atom stereocenters. The minimum Gasteiger partial charge on any atom is -0.317 e. The van der Waals surface area contributed by atoms with E-state index in [1.807, 2.05) is 43.4 Å². The van der Waals surface area contributed by atoms with E-state index < -0.39 is 0 Å². The Morgan fingerprint density at radius 3 is 2.55 bits per heavy atom. The van der Waals surface area contributed by atoms with E-state index in [1.165, 1.54) is 0 Å². The average molecular weight is 146 g/mol. The van der Waals surface area contributed by atoms with Gasteiger partial charge in [0.15, 0.2) is 6.19 Å². The fraction of sp³-hybridized carbons (Fsp3) is 0.222. The van der Waals surface area contributed by atoms with E-state index in [1.54, 1.807) is 0 Å². The van der Waals surface area contributed by atoms with Gasteiger partial charge >= 0.3 is 0 Å². The van der Waals surface area contributed by atoms with Crippen molar-refractivity contribution in [1.29, 1.82) is 5.26 Å². The smallest absolute Gasteiger partial charge is 0.177 e. The number of benzene rings is 1. The van der Waals surface area contributed by atoms with Crippen LogP contribution in [0.1, 0.15) is 18.5 Å². The first kappa shape index (κ1) is 7.62. The van der Waals surface area contributed by atoms with Crippen LogP contribution in [0.2, 0.25) is 0 Å². The molecule has 0 aliphatic heterocycles. The molecular formula is C9H10N2. The molecule has 0 radical (unpaired) electrons. The van der Waals surface area contributed by atoms with E-state index in [4.69, 9.17) is 5.26 Å². The predicted octanol–water partition coefficient (Wildman–Crippen LogP) is 1.82. The van der Waals surface area contributed by atoms with E-state index in [-0.39, 0.29) is 6.04 Å². The van der Waals surface area contributed by atoms with Gasteiger partial charge in [-0.3, -0.25) is 0 Å². The summed E-state index contributed by atoms with van der Waals surface area (Å²) >= 11 is 0. The lowest BCUT2D eigenvalue weighted by atomic mass is 10.1. The second-order valence-corrected chi connectivity index (χ2v) is 2.39. The zero-order valence-electron chi connectivity index (χ0n) is 6.41. The van der Waals surface area contributed by atoms with E-state index in [9.17, 15) is 0 Å². The third-order valence-corrected chi connectivity index (χ3v) is 1.58. The second kappa shape index (κ2) is 3.62. The molecule has 0 spiro atoms. The fourth-order valence-corrected chi connectivity index (χ4v) is 0.922. The molecule has 56 valence electrons. The quantitative estimate of drug-likeness (QED) is 0.510. The van der Waals surface area contributed by atoms with Gasteiger partial charge in [0.2, 0.25) is 0 Å². The maximum Gasteiger partial charge on any atom is 0.177 e. The summed E-state index contributed by atoms with van der Waals surface area (Å²) in [5.41, 5.74) is 1.13. The van der Waals surface area contributed by atoms with Gasteiger partial charge in [-0.05, 0) is 12.5 Å². The van der Waals surface area contributed by atoms with Crippen LogP contribution in [0.4, 0.5) is 0 Å². The minimum atomic E-state index is 0.112.